The second-order valence-electron chi connectivity index (χ2n) is 4.89. The molecule has 0 aliphatic rings. The number of carbonyl (C=O) groups excluding carboxylic acids is 1. The fourth-order valence-corrected chi connectivity index (χ4v) is 2.36. The van der Waals surface area contributed by atoms with E-state index in [4.69, 9.17) is 16.3 Å². The Morgan fingerprint density at radius 2 is 2.14 bits per heavy atom. The van der Waals surface area contributed by atoms with Crippen LogP contribution in [0.3, 0.4) is 0 Å². The number of methoxy groups -OCH3 is 1. The number of carbonyl (C=O) groups is 1. The van der Waals surface area contributed by atoms with Gasteiger partial charge in [0, 0.05) is 10.6 Å². The van der Waals surface area contributed by atoms with Gasteiger partial charge in [0.2, 0.25) is 0 Å². The van der Waals surface area contributed by atoms with E-state index < -0.39 is 0 Å². The third-order valence-corrected chi connectivity index (χ3v) is 3.82. The molecule has 0 radical (unpaired) electrons. The van der Waals surface area contributed by atoms with E-state index in [1.54, 1.807) is 43.8 Å². The monoisotopic (exact) mass is 315 g/mol. The molecule has 5 nitrogen and oxygen atoms in total. The number of halogens is 1. The van der Waals surface area contributed by atoms with Gasteiger partial charge < -0.3 is 15.0 Å². The van der Waals surface area contributed by atoms with E-state index in [9.17, 15) is 4.79 Å². The maximum absolute atomic E-state index is 12.4. The SMILES string of the molecule is COc1cc(C)c(Cl)cc1NC(=O)c1ccc2nc[nH]c2c1. The Bertz CT molecular complexity index is 858. The van der Waals surface area contributed by atoms with Crippen molar-refractivity contribution in [2.45, 2.75) is 6.92 Å². The highest BCUT2D eigenvalue weighted by Crippen LogP contribution is 2.31. The van der Waals surface area contributed by atoms with Crippen LogP contribution in [0.15, 0.2) is 36.7 Å². The summed E-state index contributed by atoms with van der Waals surface area (Å²) < 4.78 is 5.29. The van der Waals surface area contributed by atoms with Gasteiger partial charge in [0.15, 0.2) is 0 Å². The number of nitrogens with one attached hydrogen (secondary N) is 2. The Labute approximate surface area is 132 Å². The summed E-state index contributed by atoms with van der Waals surface area (Å²) in [6.07, 6.45) is 1.59. The summed E-state index contributed by atoms with van der Waals surface area (Å²) >= 11 is 6.12. The standard InChI is InChI=1S/C16H14ClN3O2/c1-9-5-15(22-2)14(7-11(9)17)20-16(21)10-3-4-12-13(6-10)19-8-18-12/h3-8H,1-2H3,(H,18,19)(H,20,21). The lowest BCUT2D eigenvalue weighted by Gasteiger charge is -2.12. The number of fused-ring (bicyclic) bond motifs is 1. The van der Waals surface area contributed by atoms with Crippen LogP contribution < -0.4 is 10.1 Å². The van der Waals surface area contributed by atoms with Gasteiger partial charge >= 0.3 is 0 Å². The zero-order valence-electron chi connectivity index (χ0n) is 12.1. The number of anilines is 1. The van der Waals surface area contributed by atoms with Crippen molar-refractivity contribution in [3.05, 3.63) is 52.8 Å². The van der Waals surface area contributed by atoms with Crippen LogP contribution in [0.5, 0.6) is 5.75 Å². The molecule has 0 unspecified atom stereocenters. The summed E-state index contributed by atoms with van der Waals surface area (Å²) in [5.74, 6) is 0.326. The van der Waals surface area contributed by atoms with Gasteiger partial charge in [-0.3, -0.25) is 4.79 Å². The first kappa shape index (κ1) is 14.4. The maximum Gasteiger partial charge on any atom is 0.255 e. The molecule has 0 saturated carbocycles. The molecule has 0 spiro atoms. The fraction of sp³-hybridized carbons (Fsp3) is 0.125. The van der Waals surface area contributed by atoms with E-state index in [0.717, 1.165) is 16.6 Å². The van der Waals surface area contributed by atoms with E-state index in [-0.39, 0.29) is 5.91 Å². The van der Waals surface area contributed by atoms with Crippen LogP contribution in [0.1, 0.15) is 15.9 Å². The second kappa shape index (κ2) is 5.69. The van der Waals surface area contributed by atoms with Crippen LogP contribution in [0.4, 0.5) is 5.69 Å². The van der Waals surface area contributed by atoms with Crippen molar-refractivity contribution < 1.29 is 9.53 Å². The second-order valence-corrected chi connectivity index (χ2v) is 5.30. The van der Waals surface area contributed by atoms with E-state index in [2.05, 4.69) is 15.3 Å². The molecule has 0 fully saturated rings. The highest BCUT2D eigenvalue weighted by molar-refractivity contribution is 6.31. The minimum atomic E-state index is -0.241. The summed E-state index contributed by atoms with van der Waals surface area (Å²) in [7, 11) is 1.55. The third-order valence-electron chi connectivity index (χ3n) is 3.41. The number of hydrogen-bond acceptors (Lipinski definition) is 3. The Kier molecular flexibility index (Phi) is 3.73. The number of rotatable bonds is 3. The van der Waals surface area contributed by atoms with Gasteiger partial charge in [-0.25, -0.2) is 4.98 Å². The van der Waals surface area contributed by atoms with Gasteiger partial charge in [0.05, 0.1) is 30.2 Å². The third kappa shape index (κ3) is 2.63. The first-order valence-corrected chi connectivity index (χ1v) is 7.05. The maximum atomic E-state index is 12.4. The van der Waals surface area contributed by atoms with Crippen molar-refractivity contribution >= 4 is 34.2 Å². The van der Waals surface area contributed by atoms with Gasteiger partial charge in [-0.15, -0.1) is 0 Å². The number of benzene rings is 2. The molecule has 0 aliphatic heterocycles. The van der Waals surface area contributed by atoms with Crippen LogP contribution in [0.2, 0.25) is 5.02 Å². The quantitative estimate of drug-likeness (QED) is 0.773. The number of aromatic nitrogens is 2. The van der Waals surface area contributed by atoms with Crippen molar-refractivity contribution in [3.8, 4) is 5.75 Å². The summed E-state index contributed by atoms with van der Waals surface area (Å²) in [5, 5.41) is 3.39. The largest absolute Gasteiger partial charge is 0.495 e. The number of imidazole rings is 1. The molecule has 1 amide bonds. The topological polar surface area (TPSA) is 67.0 Å². The first-order valence-electron chi connectivity index (χ1n) is 6.67. The van der Waals surface area contributed by atoms with Gasteiger partial charge in [0.1, 0.15) is 5.75 Å². The zero-order valence-corrected chi connectivity index (χ0v) is 12.9. The zero-order chi connectivity index (χ0) is 15.7. The molecule has 0 bridgehead atoms. The van der Waals surface area contributed by atoms with Crippen molar-refractivity contribution in [3.63, 3.8) is 0 Å². The molecule has 0 atom stereocenters. The van der Waals surface area contributed by atoms with Crippen molar-refractivity contribution in [1.82, 2.24) is 9.97 Å². The number of aryl methyl sites for hydroxylation is 1. The number of aromatic amines is 1. The Morgan fingerprint density at radius 1 is 1.32 bits per heavy atom. The predicted molar refractivity (Wildman–Crippen MR) is 86.8 cm³/mol. The lowest BCUT2D eigenvalue weighted by Crippen LogP contribution is -2.12. The lowest BCUT2D eigenvalue weighted by atomic mass is 10.1. The molecule has 22 heavy (non-hydrogen) atoms. The van der Waals surface area contributed by atoms with E-state index in [1.165, 1.54) is 0 Å². The lowest BCUT2D eigenvalue weighted by molar-refractivity contribution is 0.102. The molecule has 1 heterocycles. The molecular formula is C16H14ClN3O2. The van der Waals surface area contributed by atoms with Crippen LogP contribution in [0, 0.1) is 6.92 Å². The molecule has 112 valence electrons. The summed E-state index contributed by atoms with van der Waals surface area (Å²) in [6, 6.07) is 8.74. The average molecular weight is 316 g/mol. The molecular weight excluding hydrogens is 302 g/mol. The van der Waals surface area contributed by atoms with Crippen LogP contribution >= 0.6 is 11.6 Å². The molecule has 2 aromatic carbocycles. The number of amides is 1. The van der Waals surface area contributed by atoms with Gasteiger partial charge in [-0.05, 0) is 42.8 Å². The minimum absolute atomic E-state index is 0.241. The first-order chi connectivity index (χ1) is 10.6. The molecule has 2 N–H and O–H groups in total. The van der Waals surface area contributed by atoms with Gasteiger partial charge in [0.25, 0.3) is 5.91 Å². The Hall–Kier alpha value is -2.53. The van der Waals surface area contributed by atoms with Crippen molar-refractivity contribution in [2.24, 2.45) is 0 Å². The van der Waals surface area contributed by atoms with E-state index in [1.807, 2.05) is 6.92 Å². The molecule has 3 aromatic rings. The molecule has 3 rings (SSSR count). The average Bonchev–Trinajstić information content (AvgIpc) is 2.98. The molecule has 6 heteroatoms. The van der Waals surface area contributed by atoms with E-state index >= 15 is 0 Å². The van der Waals surface area contributed by atoms with Crippen LogP contribution in [0.25, 0.3) is 11.0 Å². The summed E-state index contributed by atoms with van der Waals surface area (Å²) in [5.41, 5.74) is 3.56. The van der Waals surface area contributed by atoms with Crippen LogP contribution in [-0.4, -0.2) is 23.0 Å². The number of hydrogen-bond donors (Lipinski definition) is 2. The smallest absolute Gasteiger partial charge is 0.255 e. The Balaban J connectivity index is 1.92. The highest BCUT2D eigenvalue weighted by Gasteiger charge is 2.12. The van der Waals surface area contributed by atoms with Crippen molar-refractivity contribution in [2.75, 3.05) is 12.4 Å². The highest BCUT2D eigenvalue weighted by atomic mass is 35.5. The summed E-state index contributed by atoms with van der Waals surface area (Å²) in [6.45, 7) is 1.88. The molecule has 0 saturated heterocycles. The summed E-state index contributed by atoms with van der Waals surface area (Å²) in [4.78, 5) is 19.5. The number of nitrogens with zero attached hydrogens (tertiary/aromatic N) is 1. The Morgan fingerprint density at radius 3 is 2.91 bits per heavy atom. The van der Waals surface area contributed by atoms with Crippen LogP contribution in [-0.2, 0) is 0 Å². The normalized spacial score (nSPS) is 10.7. The fourth-order valence-electron chi connectivity index (χ4n) is 2.19. The number of H-pyrrole nitrogens is 1. The van der Waals surface area contributed by atoms with Gasteiger partial charge in [-0.2, -0.15) is 0 Å². The van der Waals surface area contributed by atoms with E-state index in [0.29, 0.717) is 22.0 Å². The molecule has 0 aliphatic carbocycles. The molecule has 1 aromatic heterocycles. The number of ether oxygens (including phenoxy) is 1. The van der Waals surface area contributed by atoms with Gasteiger partial charge in [-0.1, -0.05) is 11.6 Å². The predicted octanol–water partition coefficient (Wildman–Crippen LogP) is 3.79. The van der Waals surface area contributed by atoms with Crippen molar-refractivity contribution in [1.29, 1.82) is 0 Å². The minimum Gasteiger partial charge on any atom is -0.495 e.